The van der Waals surface area contributed by atoms with Crippen molar-refractivity contribution in [3.05, 3.63) is 66.1 Å². The van der Waals surface area contributed by atoms with E-state index in [1.165, 1.54) is 4.90 Å². The van der Waals surface area contributed by atoms with Crippen molar-refractivity contribution in [1.82, 2.24) is 30.0 Å². The molecule has 0 fully saturated rings. The molecule has 4 rings (SSSR count). The van der Waals surface area contributed by atoms with E-state index in [9.17, 15) is 4.79 Å². The molecule has 0 N–H and O–H groups in total. The molecular formula is C21H18N6O2. The number of amides is 1. The summed E-state index contributed by atoms with van der Waals surface area (Å²) in [6, 6.07) is 12.7. The van der Waals surface area contributed by atoms with Crippen LogP contribution in [0.5, 0.6) is 0 Å². The van der Waals surface area contributed by atoms with Crippen molar-refractivity contribution in [2.24, 2.45) is 0 Å². The molecule has 1 aromatic carbocycles. The van der Waals surface area contributed by atoms with Crippen LogP contribution < -0.4 is 0 Å². The summed E-state index contributed by atoms with van der Waals surface area (Å²) in [6.45, 7) is 1.83. The van der Waals surface area contributed by atoms with Gasteiger partial charge in [0.1, 0.15) is 11.4 Å². The van der Waals surface area contributed by atoms with Crippen molar-refractivity contribution in [2.75, 3.05) is 14.1 Å². The van der Waals surface area contributed by atoms with Crippen LogP contribution in [0.2, 0.25) is 0 Å². The molecule has 8 heteroatoms. The number of aromatic nitrogens is 5. The van der Waals surface area contributed by atoms with E-state index in [0.29, 0.717) is 34.2 Å². The molecule has 3 aromatic heterocycles. The average Bonchev–Trinajstić information content (AvgIpc) is 3.24. The van der Waals surface area contributed by atoms with Gasteiger partial charge in [-0.05, 0) is 31.2 Å². The maximum atomic E-state index is 12.1. The van der Waals surface area contributed by atoms with E-state index in [1.54, 1.807) is 44.7 Å². The third-order valence-electron chi connectivity index (χ3n) is 4.30. The van der Waals surface area contributed by atoms with Crippen LogP contribution in [0.25, 0.3) is 34.4 Å². The number of carbonyl (C=O) groups excluding carboxylic acids is 1. The van der Waals surface area contributed by atoms with Crippen molar-refractivity contribution in [1.29, 1.82) is 0 Å². The van der Waals surface area contributed by atoms with E-state index in [2.05, 4.69) is 25.1 Å². The highest BCUT2D eigenvalue weighted by molar-refractivity contribution is 5.94. The number of rotatable bonds is 4. The van der Waals surface area contributed by atoms with Crippen molar-refractivity contribution in [3.63, 3.8) is 0 Å². The Morgan fingerprint density at radius 1 is 0.931 bits per heavy atom. The van der Waals surface area contributed by atoms with Gasteiger partial charge in [0, 0.05) is 31.4 Å². The predicted molar refractivity (Wildman–Crippen MR) is 107 cm³/mol. The lowest BCUT2D eigenvalue weighted by molar-refractivity contribution is 0.0827. The van der Waals surface area contributed by atoms with Gasteiger partial charge in [-0.15, -0.1) is 10.2 Å². The van der Waals surface area contributed by atoms with Crippen molar-refractivity contribution in [2.45, 2.75) is 6.92 Å². The van der Waals surface area contributed by atoms with Crippen LogP contribution in [-0.4, -0.2) is 50.1 Å². The van der Waals surface area contributed by atoms with Crippen LogP contribution >= 0.6 is 0 Å². The summed E-state index contributed by atoms with van der Waals surface area (Å²) in [6.07, 6.45) is 3.34. The number of aryl methyl sites for hydroxylation is 1. The van der Waals surface area contributed by atoms with E-state index >= 15 is 0 Å². The summed E-state index contributed by atoms with van der Waals surface area (Å²) in [4.78, 5) is 26.9. The van der Waals surface area contributed by atoms with E-state index in [-0.39, 0.29) is 11.8 Å². The fourth-order valence-electron chi connectivity index (χ4n) is 2.74. The zero-order valence-corrected chi connectivity index (χ0v) is 16.2. The first kappa shape index (κ1) is 18.4. The summed E-state index contributed by atoms with van der Waals surface area (Å²) in [5.74, 6) is 0.538. The lowest BCUT2D eigenvalue weighted by Crippen LogP contribution is -2.21. The largest absolute Gasteiger partial charge is 0.413 e. The molecule has 4 aromatic rings. The predicted octanol–water partition coefficient (Wildman–Crippen LogP) is 3.27. The van der Waals surface area contributed by atoms with Crippen molar-refractivity contribution >= 4 is 5.91 Å². The minimum Gasteiger partial charge on any atom is -0.413 e. The number of hydrogen-bond acceptors (Lipinski definition) is 7. The molecule has 0 aliphatic rings. The first-order chi connectivity index (χ1) is 14.0. The molecule has 0 spiro atoms. The summed E-state index contributed by atoms with van der Waals surface area (Å²) in [7, 11) is 3.44. The Balaban J connectivity index is 1.67. The molecule has 0 radical (unpaired) electrons. The first-order valence-corrected chi connectivity index (χ1v) is 8.94. The van der Waals surface area contributed by atoms with E-state index in [1.807, 2.05) is 31.2 Å². The summed E-state index contributed by atoms with van der Waals surface area (Å²) >= 11 is 0. The summed E-state index contributed by atoms with van der Waals surface area (Å²) in [5, 5.41) is 8.17. The Morgan fingerprint density at radius 2 is 1.69 bits per heavy atom. The van der Waals surface area contributed by atoms with Crippen molar-refractivity contribution < 1.29 is 9.21 Å². The van der Waals surface area contributed by atoms with Gasteiger partial charge < -0.3 is 9.32 Å². The van der Waals surface area contributed by atoms with Gasteiger partial charge in [0.05, 0.1) is 17.6 Å². The third-order valence-corrected chi connectivity index (χ3v) is 4.30. The average molecular weight is 386 g/mol. The number of pyridine rings is 1. The number of hydrogen-bond donors (Lipinski definition) is 0. The second-order valence-corrected chi connectivity index (χ2v) is 6.59. The number of benzene rings is 1. The highest BCUT2D eigenvalue weighted by Gasteiger charge is 2.17. The molecule has 0 bridgehead atoms. The topological polar surface area (TPSA) is 97.9 Å². The molecule has 0 aliphatic heterocycles. The molecule has 0 atom stereocenters. The van der Waals surface area contributed by atoms with Gasteiger partial charge in [0.25, 0.3) is 17.7 Å². The van der Waals surface area contributed by atoms with Gasteiger partial charge >= 0.3 is 0 Å². The molecule has 0 saturated carbocycles. The van der Waals surface area contributed by atoms with Gasteiger partial charge in [-0.25, -0.2) is 4.98 Å². The minimum atomic E-state index is -0.0554. The van der Waals surface area contributed by atoms with Crippen LogP contribution in [0.15, 0.2) is 59.3 Å². The maximum absolute atomic E-state index is 12.1. The Hall–Kier alpha value is -3.94. The Morgan fingerprint density at radius 3 is 2.38 bits per heavy atom. The van der Waals surface area contributed by atoms with Gasteiger partial charge in [0.15, 0.2) is 0 Å². The second-order valence-electron chi connectivity index (χ2n) is 6.59. The van der Waals surface area contributed by atoms with Crippen molar-refractivity contribution in [3.8, 4) is 34.4 Å². The number of carbonyl (C=O) groups is 1. The minimum absolute atomic E-state index is 0.0554. The fraction of sp³-hybridized carbons (Fsp3) is 0.143. The molecule has 1 amide bonds. The van der Waals surface area contributed by atoms with Gasteiger partial charge in [-0.2, -0.15) is 0 Å². The van der Waals surface area contributed by atoms with E-state index < -0.39 is 0 Å². The Labute approximate surface area is 167 Å². The third kappa shape index (κ3) is 3.73. The standard InChI is InChI=1S/C21H18N6O2/c1-13-18(20-26-25-19(29-20)16-6-4-5-11-22-16)24-17(12-23-13)14-7-9-15(10-8-14)21(28)27(2)3/h4-12H,1-3H3. The summed E-state index contributed by atoms with van der Waals surface area (Å²) < 4.78 is 5.77. The molecular weight excluding hydrogens is 368 g/mol. The van der Waals surface area contributed by atoms with E-state index in [4.69, 9.17) is 4.42 Å². The maximum Gasteiger partial charge on any atom is 0.268 e. The highest BCUT2D eigenvalue weighted by Crippen LogP contribution is 2.26. The molecule has 3 heterocycles. The smallest absolute Gasteiger partial charge is 0.268 e. The molecule has 29 heavy (non-hydrogen) atoms. The fourth-order valence-corrected chi connectivity index (χ4v) is 2.74. The SMILES string of the molecule is Cc1ncc(-c2ccc(C(=O)N(C)C)cc2)nc1-c1nnc(-c2ccccn2)o1. The van der Waals surface area contributed by atoms with Crippen LogP contribution in [0.1, 0.15) is 16.1 Å². The Kier molecular flexibility index (Phi) is 4.82. The molecule has 8 nitrogen and oxygen atoms in total. The van der Waals surface area contributed by atoms with Gasteiger partial charge in [0.2, 0.25) is 0 Å². The summed E-state index contributed by atoms with van der Waals surface area (Å²) in [5.41, 5.74) is 3.85. The zero-order chi connectivity index (χ0) is 20.4. The molecule has 0 unspecified atom stereocenters. The monoisotopic (exact) mass is 386 g/mol. The normalized spacial score (nSPS) is 10.7. The number of nitrogens with zero attached hydrogens (tertiary/aromatic N) is 6. The quantitative estimate of drug-likeness (QED) is 0.531. The van der Waals surface area contributed by atoms with Crippen LogP contribution in [0.4, 0.5) is 0 Å². The molecule has 0 aliphatic carbocycles. The van der Waals surface area contributed by atoms with Crippen LogP contribution in [-0.2, 0) is 0 Å². The zero-order valence-electron chi connectivity index (χ0n) is 16.2. The lowest BCUT2D eigenvalue weighted by atomic mass is 10.1. The highest BCUT2D eigenvalue weighted by atomic mass is 16.4. The van der Waals surface area contributed by atoms with Gasteiger partial charge in [-0.3, -0.25) is 14.8 Å². The lowest BCUT2D eigenvalue weighted by Gasteiger charge is -2.10. The Bertz CT molecular complexity index is 1150. The molecule has 0 saturated heterocycles. The first-order valence-electron chi connectivity index (χ1n) is 8.94. The second kappa shape index (κ2) is 7.59. The van der Waals surface area contributed by atoms with Gasteiger partial charge in [-0.1, -0.05) is 18.2 Å². The van der Waals surface area contributed by atoms with E-state index in [0.717, 1.165) is 5.56 Å². The van der Waals surface area contributed by atoms with Crippen LogP contribution in [0, 0.1) is 6.92 Å². The molecule has 144 valence electrons. The van der Waals surface area contributed by atoms with Crippen LogP contribution in [0.3, 0.4) is 0 Å².